The number of amides is 2. The Balaban J connectivity index is 2.34. The molecule has 0 atom stereocenters. The third kappa shape index (κ3) is 7.07. The number of anilines is 1. The van der Waals surface area contributed by atoms with Crippen molar-refractivity contribution in [3.05, 3.63) is 45.8 Å². The molecule has 0 unspecified atom stereocenters. The Bertz CT molecular complexity index is 957. The topological polar surface area (TPSA) is 101 Å². The summed E-state index contributed by atoms with van der Waals surface area (Å²) in [5.41, 5.74) is 7.87. The van der Waals surface area contributed by atoms with E-state index >= 15 is 0 Å². The van der Waals surface area contributed by atoms with Crippen LogP contribution in [-0.4, -0.2) is 35.0 Å². The maximum absolute atomic E-state index is 13.4. The van der Waals surface area contributed by atoms with E-state index in [1.54, 1.807) is 30.9 Å². The van der Waals surface area contributed by atoms with E-state index < -0.39 is 0 Å². The van der Waals surface area contributed by atoms with Crippen molar-refractivity contribution in [2.24, 2.45) is 16.6 Å². The van der Waals surface area contributed by atoms with Gasteiger partial charge in [0.25, 0.3) is 5.91 Å². The summed E-state index contributed by atoms with van der Waals surface area (Å²) in [6.07, 6.45) is 0.395. The lowest BCUT2D eigenvalue weighted by Crippen LogP contribution is -2.42. The van der Waals surface area contributed by atoms with Gasteiger partial charge < -0.3 is 20.5 Å². The molecule has 1 heterocycles. The van der Waals surface area contributed by atoms with Crippen LogP contribution in [0.2, 0.25) is 5.02 Å². The number of benzene rings is 1. The Hall–Kier alpha value is -2.38. The Morgan fingerprint density at radius 1 is 1.19 bits per heavy atom. The van der Waals surface area contributed by atoms with Crippen LogP contribution in [0.4, 0.5) is 5.69 Å². The number of nitrogens with two attached hydrogens (primary N) is 1. The molecule has 176 valence electrons. The number of aryl methyl sites for hydroxylation is 2. The largest absolute Gasteiger partial charge is 0.361 e. The number of hydrogen-bond donors (Lipinski definition) is 2. The summed E-state index contributed by atoms with van der Waals surface area (Å²) in [6, 6.07) is 5.30. The van der Waals surface area contributed by atoms with Crippen molar-refractivity contribution in [1.29, 1.82) is 0 Å². The number of hydrogen-bond acceptors (Lipinski definition) is 5. The highest BCUT2D eigenvalue weighted by Crippen LogP contribution is 2.27. The zero-order valence-corrected chi connectivity index (χ0v) is 20.9. The lowest BCUT2D eigenvalue weighted by atomic mass is 9.92. The third-order valence-corrected chi connectivity index (χ3v) is 5.46. The summed E-state index contributed by atoms with van der Waals surface area (Å²) in [4.78, 5) is 27.5. The molecular weight excluding hydrogens is 428 g/mol. The smallest absolute Gasteiger partial charge is 0.259 e. The molecule has 0 saturated carbocycles. The molecule has 7 nitrogen and oxygen atoms in total. The van der Waals surface area contributed by atoms with E-state index in [1.807, 2.05) is 40.7 Å². The molecule has 32 heavy (non-hydrogen) atoms. The summed E-state index contributed by atoms with van der Waals surface area (Å²) in [7, 11) is 0. The van der Waals surface area contributed by atoms with Crippen molar-refractivity contribution in [3.63, 3.8) is 0 Å². The molecule has 1 aromatic heterocycles. The maximum atomic E-state index is 13.4. The van der Waals surface area contributed by atoms with Gasteiger partial charge in [-0.15, -0.1) is 0 Å². The number of nitrogens with zero attached hydrogens (tertiary/aromatic N) is 2. The van der Waals surface area contributed by atoms with Gasteiger partial charge in [0.1, 0.15) is 11.3 Å². The number of carbonyl (C=O) groups excluding carboxylic acids is 2. The van der Waals surface area contributed by atoms with Gasteiger partial charge in [0, 0.05) is 30.2 Å². The molecule has 0 radical (unpaired) electrons. The van der Waals surface area contributed by atoms with Gasteiger partial charge in [-0.1, -0.05) is 51.4 Å². The summed E-state index contributed by atoms with van der Waals surface area (Å²) in [5, 5.41) is 7.36. The van der Waals surface area contributed by atoms with Crippen molar-refractivity contribution in [2.45, 2.75) is 61.4 Å². The molecule has 0 aliphatic rings. The first-order valence-corrected chi connectivity index (χ1v) is 11.1. The molecule has 2 aromatic rings. The molecule has 8 heteroatoms. The van der Waals surface area contributed by atoms with Crippen LogP contribution in [0, 0.1) is 24.7 Å². The minimum absolute atomic E-state index is 0.0707. The molecule has 2 amide bonds. The lowest BCUT2D eigenvalue weighted by Gasteiger charge is -2.32. The maximum Gasteiger partial charge on any atom is 0.259 e. The fourth-order valence-corrected chi connectivity index (χ4v) is 3.57. The van der Waals surface area contributed by atoms with Crippen molar-refractivity contribution in [3.8, 4) is 0 Å². The number of rotatable bonds is 8. The first kappa shape index (κ1) is 25.9. The Kier molecular flexibility index (Phi) is 8.12. The van der Waals surface area contributed by atoms with Gasteiger partial charge in [0.2, 0.25) is 5.91 Å². The normalized spacial score (nSPS) is 12.0. The van der Waals surface area contributed by atoms with Crippen molar-refractivity contribution in [2.75, 3.05) is 18.4 Å². The number of carbonyl (C=O) groups is 2. The predicted octanol–water partition coefficient (Wildman–Crippen LogP) is 4.95. The lowest BCUT2D eigenvalue weighted by molar-refractivity contribution is -0.117. The summed E-state index contributed by atoms with van der Waals surface area (Å²) in [6.45, 7) is 14.6. The third-order valence-electron chi connectivity index (χ3n) is 5.09. The molecule has 0 spiro atoms. The van der Waals surface area contributed by atoms with Gasteiger partial charge in [-0.2, -0.15) is 0 Å². The molecule has 3 N–H and O–H groups in total. The predicted molar refractivity (Wildman–Crippen MR) is 128 cm³/mol. The second-order valence-corrected chi connectivity index (χ2v) is 10.7. The quantitative estimate of drug-likeness (QED) is 0.578. The van der Waals surface area contributed by atoms with Crippen LogP contribution < -0.4 is 11.1 Å². The summed E-state index contributed by atoms with van der Waals surface area (Å²) < 4.78 is 5.20. The van der Waals surface area contributed by atoms with Gasteiger partial charge in [0.05, 0.1) is 5.69 Å². The molecule has 0 fully saturated rings. The molecule has 1 aromatic carbocycles. The Morgan fingerprint density at radius 2 is 1.84 bits per heavy atom. The summed E-state index contributed by atoms with van der Waals surface area (Å²) >= 11 is 6.47. The first-order chi connectivity index (χ1) is 14.7. The van der Waals surface area contributed by atoms with Crippen LogP contribution in [0.3, 0.4) is 0 Å². The van der Waals surface area contributed by atoms with Gasteiger partial charge >= 0.3 is 0 Å². The first-order valence-electron chi connectivity index (χ1n) is 10.7. The standard InChI is InChI=1S/C24H35ClN4O3/c1-15-21(16(2)32-28-15)22(31)29(14-24(6,7)13-26)12-17-10-18(8-9-19(17)25)27-20(30)11-23(3,4)5/h8-10H,11-14,26H2,1-7H3,(H,27,30). The SMILES string of the molecule is Cc1noc(C)c1C(=O)N(Cc1cc(NC(=O)CC(C)(C)C)ccc1Cl)CC(C)(C)CN. The highest BCUT2D eigenvalue weighted by molar-refractivity contribution is 6.31. The molecular formula is C24H35ClN4O3. The zero-order chi connectivity index (χ0) is 24.3. The average Bonchev–Trinajstić information content (AvgIpc) is 3.00. The van der Waals surface area contributed by atoms with Crippen LogP contribution in [0.25, 0.3) is 0 Å². The number of aromatic nitrogens is 1. The van der Waals surface area contributed by atoms with Crippen molar-refractivity contribution >= 4 is 29.1 Å². The number of halogens is 1. The fourth-order valence-electron chi connectivity index (χ4n) is 3.39. The van der Waals surface area contributed by atoms with Crippen LogP contribution >= 0.6 is 11.6 Å². The highest BCUT2D eigenvalue weighted by Gasteiger charge is 2.29. The Labute approximate surface area is 195 Å². The average molecular weight is 463 g/mol. The van der Waals surface area contributed by atoms with E-state index in [4.69, 9.17) is 21.9 Å². The second-order valence-electron chi connectivity index (χ2n) is 10.3. The van der Waals surface area contributed by atoms with E-state index in [-0.39, 0.29) is 29.2 Å². The minimum Gasteiger partial charge on any atom is -0.361 e. The minimum atomic E-state index is -0.306. The van der Waals surface area contributed by atoms with Crippen LogP contribution in [0.15, 0.2) is 22.7 Å². The van der Waals surface area contributed by atoms with E-state index in [1.165, 1.54) is 0 Å². The highest BCUT2D eigenvalue weighted by atomic mass is 35.5. The van der Waals surface area contributed by atoms with E-state index in [9.17, 15) is 9.59 Å². The number of nitrogens with one attached hydrogen (secondary N) is 1. The van der Waals surface area contributed by atoms with Crippen LogP contribution in [0.5, 0.6) is 0 Å². The molecule has 0 bridgehead atoms. The van der Waals surface area contributed by atoms with Crippen molar-refractivity contribution < 1.29 is 14.1 Å². The van der Waals surface area contributed by atoms with Gasteiger partial charge in [0.15, 0.2) is 0 Å². The molecule has 0 aliphatic heterocycles. The fraction of sp³-hybridized carbons (Fsp3) is 0.542. The van der Waals surface area contributed by atoms with Gasteiger partial charge in [-0.05, 0) is 55.0 Å². The second kappa shape index (κ2) is 10.0. The summed E-state index contributed by atoms with van der Waals surface area (Å²) in [5.74, 6) is 0.206. The molecule has 0 aliphatic carbocycles. The van der Waals surface area contributed by atoms with Crippen LogP contribution in [0.1, 0.15) is 68.4 Å². The van der Waals surface area contributed by atoms with E-state index in [0.29, 0.717) is 47.2 Å². The molecule has 2 rings (SSSR count). The van der Waals surface area contributed by atoms with Crippen LogP contribution in [-0.2, 0) is 11.3 Å². The molecule has 0 saturated heterocycles. The van der Waals surface area contributed by atoms with E-state index in [2.05, 4.69) is 10.5 Å². The van der Waals surface area contributed by atoms with Gasteiger partial charge in [-0.3, -0.25) is 9.59 Å². The zero-order valence-electron chi connectivity index (χ0n) is 20.1. The van der Waals surface area contributed by atoms with Gasteiger partial charge in [-0.25, -0.2) is 0 Å². The Morgan fingerprint density at radius 3 is 2.38 bits per heavy atom. The van der Waals surface area contributed by atoms with Crippen molar-refractivity contribution in [1.82, 2.24) is 10.1 Å². The monoisotopic (exact) mass is 462 g/mol. The van der Waals surface area contributed by atoms with E-state index in [0.717, 1.165) is 5.56 Å².